The maximum absolute atomic E-state index is 5.16. The fourth-order valence-corrected chi connectivity index (χ4v) is 19.3. The lowest BCUT2D eigenvalue weighted by Gasteiger charge is -2.47. The molecule has 9 rings (SSSR count). The molecule has 3 aromatic heterocycles. The molecule has 9 heterocycles. The second-order valence-corrected chi connectivity index (χ2v) is 38.5. The summed E-state index contributed by atoms with van der Waals surface area (Å²) in [5, 5.41) is 56.9. The number of nitrogens with one attached hydrogen (secondary N) is 15. The van der Waals surface area contributed by atoms with Crippen LogP contribution in [0, 0.1) is 5.92 Å². The van der Waals surface area contributed by atoms with Gasteiger partial charge in [-0.2, -0.15) is 44.9 Å². The summed E-state index contributed by atoms with van der Waals surface area (Å²) < 4.78 is 0. The molecule has 6 aliphatic rings. The highest BCUT2D eigenvalue weighted by Crippen LogP contribution is 2.37. The number of unbranched alkanes of at least 4 members (excludes halogenated alkanes) is 1. The van der Waals surface area contributed by atoms with Gasteiger partial charge >= 0.3 is 0 Å². The number of hydrogen-bond donors (Lipinski definition) is 15. The lowest BCUT2D eigenvalue weighted by Crippen LogP contribution is -2.60. The number of anilines is 9. The summed E-state index contributed by atoms with van der Waals surface area (Å²) in [6, 6.07) is 1.11. The maximum Gasteiger partial charge on any atom is 0.229 e. The predicted octanol–water partition coefficient (Wildman–Crippen LogP) is 11.8. The molecule has 6 aliphatic heterocycles. The van der Waals surface area contributed by atoms with Crippen molar-refractivity contribution in [1.29, 1.82) is 0 Å². The third kappa shape index (κ3) is 23.6. The molecule has 24 heteroatoms. The predicted molar refractivity (Wildman–Crippen MR) is 399 cm³/mol. The van der Waals surface area contributed by atoms with E-state index in [4.69, 9.17) is 44.9 Å². The summed E-state index contributed by atoms with van der Waals surface area (Å²) in [6.45, 7) is 56.9. The Labute approximate surface area is 579 Å². The molecule has 3 aromatic rings. The SMILES string of the molecule is CC1(C)CC(Nc2nc(NCCCCC(CCCNc3nc(NC4CC(C)(C)NC(C)(C)C4)nc(NC4CC(C)(C)NC(C)(C)C4)n3)CNc3nc(NC4CC(C)(C)NC(C)(C)C4)nc(NC4CC(C)(C)NC(C)(C)C4)n3)nc(NC3CC(C)(C)NC(C)(C)C3)n2)CC(C)(C)N1. The molecule has 0 radical (unpaired) electrons. The number of rotatable bonds is 26. The Kier molecular flexibility index (Phi) is 22.1. The number of hydrogen-bond acceptors (Lipinski definition) is 24. The minimum atomic E-state index is -0.0562. The molecule has 24 nitrogen and oxygen atoms in total. The van der Waals surface area contributed by atoms with E-state index < -0.39 is 0 Å². The van der Waals surface area contributed by atoms with Gasteiger partial charge in [-0.05, 0) is 275 Å². The van der Waals surface area contributed by atoms with Gasteiger partial charge in [-0.25, -0.2) is 0 Å². The first-order chi connectivity index (χ1) is 44.1. The van der Waals surface area contributed by atoms with Gasteiger partial charge in [0.1, 0.15) is 0 Å². The molecule has 1 atom stereocenters. The Morgan fingerprint density at radius 3 is 0.646 bits per heavy atom. The van der Waals surface area contributed by atoms with Gasteiger partial charge in [-0.15, -0.1) is 0 Å². The molecule has 0 bridgehead atoms. The summed E-state index contributed by atoms with van der Waals surface area (Å²) >= 11 is 0. The van der Waals surface area contributed by atoms with Gasteiger partial charge in [0.05, 0.1) is 0 Å². The minimum Gasteiger partial charge on any atom is -0.354 e. The summed E-state index contributed by atoms with van der Waals surface area (Å²) in [5.41, 5.74) is -0.564. The lowest BCUT2D eigenvalue weighted by molar-refractivity contribution is 0.169. The van der Waals surface area contributed by atoms with Crippen LogP contribution in [-0.4, -0.2) is 167 Å². The van der Waals surface area contributed by atoms with Crippen molar-refractivity contribution in [3.8, 4) is 0 Å². The van der Waals surface area contributed by atoms with Crippen molar-refractivity contribution in [2.45, 2.75) is 378 Å². The van der Waals surface area contributed by atoms with E-state index in [1.807, 2.05) is 0 Å². The first-order valence-electron chi connectivity index (χ1n) is 36.9. The summed E-state index contributed by atoms with van der Waals surface area (Å²) in [7, 11) is 0. The van der Waals surface area contributed by atoms with E-state index in [9.17, 15) is 0 Å². The third-order valence-electron chi connectivity index (χ3n) is 20.0. The van der Waals surface area contributed by atoms with Gasteiger partial charge in [0, 0.05) is 122 Å². The molecule has 0 saturated carbocycles. The second kappa shape index (κ2) is 28.2. The lowest BCUT2D eigenvalue weighted by atomic mass is 9.79. The normalized spacial score (nSPS) is 25.4. The molecule has 0 spiro atoms. The number of aromatic nitrogens is 9. The van der Waals surface area contributed by atoms with Crippen molar-refractivity contribution in [2.75, 3.05) is 67.5 Å². The zero-order valence-electron chi connectivity index (χ0n) is 64.2. The van der Waals surface area contributed by atoms with Gasteiger partial charge in [0.2, 0.25) is 53.5 Å². The van der Waals surface area contributed by atoms with Gasteiger partial charge < -0.3 is 79.8 Å². The number of nitrogens with zero attached hydrogens (tertiary/aromatic N) is 9. The highest BCUT2D eigenvalue weighted by Gasteiger charge is 2.44. The molecule has 0 aromatic carbocycles. The van der Waals surface area contributed by atoms with Crippen molar-refractivity contribution in [3.05, 3.63) is 0 Å². The quantitative estimate of drug-likeness (QED) is 0.0332. The molecular weight excluding hydrogens is 1200 g/mol. The Hall–Kier alpha value is -5.01. The zero-order valence-corrected chi connectivity index (χ0v) is 64.2. The summed E-state index contributed by atoms with van der Waals surface area (Å²) in [6.07, 6.45) is 16.0. The van der Waals surface area contributed by atoms with Crippen LogP contribution in [-0.2, 0) is 0 Å². The Morgan fingerprint density at radius 1 is 0.250 bits per heavy atom. The van der Waals surface area contributed by atoms with Gasteiger partial charge in [0.25, 0.3) is 0 Å². The van der Waals surface area contributed by atoms with Crippen LogP contribution < -0.4 is 79.8 Å². The standard InChI is InChI=1S/C72H134N24/c1-61(2)32-46(33-62(3,4)91-61)76-55-82-52(83-56(88-55)77-47-34-63(5,6)92-64(7,8)35-47)73-30-26-25-28-45(44-75-54-86-59(80-50-40-69(17,18)95-70(19,20)41-50)90-60(87-54)81-51-42-71(21,22)96-72(23,24)43-51)29-27-31-74-53-84-57(78-48-36-65(9,10)93-66(11,12)37-48)89-58(85-53)79-49-38-67(13,14)94-68(15,16)39-49/h45-51,91-96H,25-44H2,1-24H3,(H3,73,76,77,82,83,88)(H3,74,78,79,84,85,89)(H3,75,80,81,86,87,90). The minimum absolute atomic E-state index is 0.0394. The topological polar surface area (TPSA) is 296 Å². The molecule has 6 saturated heterocycles. The van der Waals surface area contributed by atoms with Gasteiger partial charge in [-0.1, -0.05) is 6.42 Å². The highest BCUT2D eigenvalue weighted by molar-refractivity contribution is 5.47. The van der Waals surface area contributed by atoms with Crippen LogP contribution in [0.1, 0.15) is 275 Å². The van der Waals surface area contributed by atoms with Crippen LogP contribution >= 0.6 is 0 Å². The van der Waals surface area contributed by atoms with Crippen molar-refractivity contribution >= 4 is 53.5 Å². The van der Waals surface area contributed by atoms with Crippen LogP contribution in [0.25, 0.3) is 0 Å². The molecule has 15 N–H and O–H groups in total. The summed E-state index contributed by atoms with van der Waals surface area (Å²) in [4.78, 5) is 45.8. The largest absolute Gasteiger partial charge is 0.354 e. The molecular formula is C72H134N24. The first kappa shape index (κ1) is 75.2. The van der Waals surface area contributed by atoms with Crippen molar-refractivity contribution in [2.24, 2.45) is 5.92 Å². The smallest absolute Gasteiger partial charge is 0.229 e. The molecule has 542 valence electrons. The van der Waals surface area contributed by atoms with E-state index in [1.54, 1.807) is 0 Å². The van der Waals surface area contributed by atoms with E-state index in [2.05, 4.69) is 246 Å². The van der Waals surface area contributed by atoms with Crippen LogP contribution in [0.5, 0.6) is 0 Å². The molecule has 0 amide bonds. The highest BCUT2D eigenvalue weighted by atomic mass is 15.3. The van der Waals surface area contributed by atoms with E-state index >= 15 is 0 Å². The van der Waals surface area contributed by atoms with Gasteiger partial charge in [-0.3, -0.25) is 0 Å². The van der Waals surface area contributed by atoms with E-state index in [-0.39, 0.29) is 109 Å². The van der Waals surface area contributed by atoms with Crippen molar-refractivity contribution in [1.82, 2.24) is 76.8 Å². The number of piperidine rings is 6. The summed E-state index contributed by atoms with van der Waals surface area (Å²) in [5.74, 6) is 5.58. The van der Waals surface area contributed by atoms with Crippen LogP contribution in [0.4, 0.5) is 53.5 Å². The van der Waals surface area contributed by atoms with E-state index in [1.165, 1.54) is 0 Å². The average Bonchev–Trinajstić information content (AvgIpc) is 0.820. The zero-order chi connectivity index (χ0) is 70.4. The van der Waals surface area contributed by atoms with Crippen LogP contribution in [0.15, 0.2) is 0 Å². The molecule has 96 heavy (non-hydrogen) atoms. The molecule has 6 fully saturated rings. The van der Waals surface area contributed by atoms with Crippen LogP contribution in [0.2, 0.25) is 0 Å². The van der Waals surface area contributed by atoms with Gasteiger partial charge in [0.15, 0.2) is 0 Å². The molecule has 0 aliphatic carbocycles. The van der Waals surface area contributed by atoms with E-state index in [0.29, 0.717) is 73.2 Å². The Morgan fingerprint density at radius 2 is 0.427 bits per heavy atom. The maximum atomic E-state index is 5.16. The monoisotopic (exact) mass is 1340 g/mol. The van der Waals surface area contributed by atoms with E-state index in [0.717, 1.165) is 109 Å². The average molecular weight is 1340 g/mol. The van der Waals surface area contributed by atoms with Crippen molar-refractivity contribution < 1.29 is 0 Å². The third-order valence-corrected chi connectivity index (χ3v) is 20.0. The Bertz CT molecular complexity index is 2800. The fraction of sp³-hybridized carbons (Fsp3) is 0.875. The first-order valence-corrected chi connectivity index (χ1v) is 36.9. The van der Waals surface area contributed by atoms with Crippen molar-refractivity contribution in [3.63, 3.8) is 0 Å². The molecule has 1 unspecified atom stereocenters. The second-order valence-electron chi connectivity index (χ2n) is 38.5. The van der Waals surface area contributed by atoms with Crippen LogP contribution in [0.3, 0.4) is 0 Å². The fourth-order valence-electron chi connectivity index (χ4n) is 19.3. The Balaban J connectivity index is 0.940.